The van der Waals surface area contributed by atoms with E-state index in [0.717, 1.165) is 31.0 Å². The van der Waals surface area contributed by atoms with E-state index >= 15 is 0 Å². The molecule has 3 nitrogen and oxygen atoms in total. The van der Waals surface area contributed by atoms with Gasteiger partial charge in [0.25, 0.3) is 0 Å². The molecular formula is C13H17ClN2O. The van der Waals surface area contributed by atoms with Gasteiger partial charge in [0.1, 0.15) is 0 Å². The molecule has 4 heteroatoms. The number of carbonyl (C=O) groups excluding carboxylic acids is 1. The van der Waals surface area contributed by atoms with Gasteiger partial charge < -0.3 is 10.6 Å². The van der Waals surface area contributed by atoms with Crippen molar-refractivity contribution in [2.24, 2.45) is 0 Å². The molecule has 1 aliphatic rings. The van der Waals surface area contributed by atoms with Crippen molar-refractivity contribution < 1.29 is 4.79 Å². The topological polar surface area (TPSA) is 41.1 Å². The SMILES string of the molecule is O=C1CC(NCc2ccc(Cl)cc2)CCCN1. The Morgan fingerprint density at radius 3 is 2.88 bits per heavy atom. The minimum absolute atomic E-state index is 0.149. The molecule has 0 aliphatic carbocycles. The molecule has 1 atom stereocenters. The number of hydrogen-bond acceptors (Lipinski definition) is 2. The van der Waals surface area contributed by atoms with Crippen LogP contribution in [0.5, 0.6) is 0 Å². The van der Waals surface area contributed by atoms with Gasteiger partial charge in [-0.1, -0.05) is 23.7 Å². The number of nitrogens with one attached hydrogen (secondary N) is 2. The molecule has 1 aliphatic heterocycles. The van der Waals surface area contributed by atoms with E-state index < -0.39 is 0 Å². The van der Waals surface area contributed by atoms with Gasteiger partial charge in [-0.3, -0.25) is 4.79 Å². The standard InChI is InChI=1S/C13H17ClN2O/c14-11-5-3-10(4-6-11)9-16-12-2-1-7-15-13(17)8-12/h3-6,12,16H,1-2,7-9H2,(H,15,17). The largest absolute Gasteiger partial charge is 0.356 e. The van der Waals surface area contributed by atoms with E-state index in [1.54, 1.807) is 0 Å². The Morgan fingerprint density at radius 1 is 1.35 bits per heavy atom. The van der Waals surface area contributed by atoms with Gasteiger partial charge >= 0.3 is 0 Å². The van der Waals surface area contributed by atoms with Gasteiger partial charge in [0, 0.05) is 30.6 Å². The monoisotopic (exact) mass is 252 g/mol. The normalized spacial score (nSPS) is 20.8. The highest BCUT2D eigenvalue weighted by Crippen LogP contribution is 2.11. The van der Waals surface area contributed by atoms with E-state index in [4.69, 9.17) is 11.6 Å². The third-order valence-corrected chi connectivity index (χ3v) is 3.24. The van der Waals surface area contributed by atoms with Gasteiger partial charge in [-0.2, -0.15) is 0 Å². The number of halogens is 1. The summed E-state index contributed by atoms with van der Waals surface area (Å²) in [7, 11) is 0. The zero-order valence-electron chi connectivity index (χ0n) is 9.71. The summed E-state index contributed by atoms with van der Waals surface area (Å²) in [4.78, 5) is 11.4. The summed E-state index contributed by atoms with van der Waals surface area (Å²) < 4.78 is 0. The van der Waals surface area contributed by atoms with Crippen LogP contribution in [0.3, 0.4) is 0 Å². The lowest BCUT2D eigenvalue weighted by Crippen LogP contribution is -2.32. The quantitative estimate of drug-likeness (QED) is 0.865. The predicted octanol–water partition coefficient (Wildman–Crippen LogP) is 2.10. The highest BCUT2D eigenvalue weighted by atomic mass is 35.5. The van der Waals surface area contributed by atoms with Crippen molar-refractivity contribution in [3.8, 4) is 0 Å². The second kappa shape index (κ2) is 6.03. The van der Waals surface area contributed by atoms with E-state index in [0.29, 0.717) is 6.42 Å². The molecule has 1 unspecified atom stereocenters. The maximum absolute atomic E-state index is 11.4. The number of amides is 1. The van der Waals surface area contributed by atoms with E-state index in [9.17, 15) is 4.79 Å². The highest BCUT2D eigenvalue weighted by molar-refractivity contribution is 6.30. The minimum atomic E-state index is 0.149. The molecule has 2 rings (SSSR count). The first-order valence-corrected chi connectivity index (χ1v) is 6.36. The van der Waals surface area contributed by atoms with Crippen molar-refractivity contribution in [2.75, 3.05) is 6.54 Å². The fraction of sp³-hybridized carbons (Fsp3) is 0.462. The van der Waals surface area contributed by atoms with Gasteiger partial charge in [0.15, 0.2) is 0 Å². The Kier molecular flexibility index (Phi) is 4.40. The first-order chi connectivity index (χ1) is 8.24. The van der Waals surface area contributed by atoms with E-state index in [-0.39, 0.29) is 11.9 Å². The Labute approximate surface area is 107 Å². The van der Waals surface area contributed by atoms with Crippen molar-refractivity contribution in [1.29, 1.82) is 0 Å². The van der Waals surface area contributed by atoms with Crippen molar-refractivity contribution in [2.45, 2.75) is 31.8 Å². The fourth-order valence-corrected chi connectivity index (χ4v) is 2.14. The molecule has 1 aromatic carbocycles. The van der Waals surface area contributed by atoms with Gasteiger partial charge in [0.2, 0.25) is 5.91 Å². The van der Waals surface area contributed by atoms with Crippen LogP contribution in [0, 0.1) is 0 Å². The molecule has 1 aromatic rings. The smallest absolute Gasteiger partial charge is 0.221 e. The predicted molar refractivity (Wildman–Crippen MR) is 68.9 cm³/mol. The number of rotatable bonds is 3. The van der Waals surface area contributed by atoms with E-state index in [2.05, 4.69) is 10.6 Å². The van der Waals surface area contributed by atoms with Crippen molar-refractivity contribution in [3.05, 3.63) is 34.9 Å². The Bertz CT molecular complexity index is 378. The summed E-state index contributed by atoms with van der Waals surface area (Å²) in [5.74, 6) is 0.149. The van der Waals surface area contributed by atoms with Crippen LogP contribution in [0.25, 0.3) is 0 Å². The van der Waals surface area contributed by atoms with Crippen LogP contribution in [0.4, 0.5) is 0 Å². The molecule has 0 bridgehead atoms. The van der Waals surface area contributed by atoms with Gasteiger partial charge in [0.05, 0.1) is 0 Å². The minimum Gasteiger partial charge on any atom is -0.356 e. The second-order valence-corrected chi connectivity index (χ2v) is 4.84. The molecule has 0 spiro atoms. The van der Waals surface area contributed by atoms with E-state index in [1.807, 2.05) is 24.3 Å². The second-order valence-electron chi connectivity index (χ2n) is 4.40. The summed E-state index contributed by atoms with van der Waals surface area (Å²) in [6.07, 6.45) is 2.67. The third kappa shape index (κ3) is 4.02. The average molecular weight is 253 g/mol. The molecule has 1 saturated heterocycles. The molecule has 0 radical (unpaired) electrons. The van der Waals surface area contributed by atoms with Crippen LogP contribution in [-0.2, 0) is 11.3 Å². The molecule has 1 fully saturated rings. The fourth-order valence-electron chi connectivity index (χ4n) is 2.01. The van der Waals surface area contributed by atoms with Crippen LogP contribution in [-0.4, -0.2) is 18.5 Å². The van der Waals surface area contributed by atoms with Crippen LogP contribution in [0.15, 0.2) is 24.3 Å². The Balaban J connectivity index is 1.84. The lowest BCUT2D eigenvalue weighted by Gasteiger charge is -2.15. The summed E-state index contributed by atoms with van der Waals surface area (Å²) in [6, 6.07) is 8.07. The first kappa shape index (κ1) is 12.4. The number of hydrogen-bond donors (Lipinski definition) is 2. The zero-order valence-corrected chi connectivity index (χ0v) is 10.5. The van der Waals surface area contributed by atoms with Crippen molar-refractivity contribution >= 4 is 17.5 Å². The molecular weight excluding hydrogens is 236 g/mol. The molecule has 2 N–H and O–H groups in total. The molecule has 1 amide bonds. The number of benzene rings is 1. The lowest BCUT2D eigenvalue weighted by atomic mass is 10.1. The maximum atomic E-state index is 11.4. The van der Waals surface area contributed by atoms with Crippen molar-refractivity contribution in [3.63, 3.8) is 0 Å². The Morgan fingerprint density at radius 2 is 2.12 bits per heavy atom. The summed E-state index contributed by atoms with van der Waals surface area (Å²) in [5.41, 5.74) is 1.19. The van der Waals surface area contributed by atoms with Crippen molar-refractivity contribution in [1.82, 2.24) is 10.6 Å². The highest BCUT2D eigenvalue weighted by Gasteiger charge is 2.16. The molecule has 0 aromatic heterocycles. The maximum Gasteiger partial charge on any atom is 0.221 e. The number of carbonyl (C=O) groups is 1. The molecule has 1 heterocycles. The van der Waals surface area contributed by atoms with Crippen LogP contribution in [0.1, 0.15) is 24.8 Å². The van der Waals surface area contributed by atoms with Crippen LogP contribution < -0.4 is 10.6 Å². The van der Waals surface area contributed by atoms with E-state index in [1.165, 1.54) is 5.56 Å². The summed E-state index contributed by atoms with van der Waals surface area (Å²) in [6.45, 7) is 1.59. The zero-order chi connectivity index (χ0) is 12.1. The molecule has 17 heavy (non-hydrogen) atoms. The average Bonchev–Trinajstić information content (AvgIpc) is 2.53. The van der Waals surface area contributed by atoms with Gasteiger partial charge in [-0.15, -0.1) is 0 Å². The molecule has 92 valence electrons. The molecule has 0 saturated carbocycles. The van der Waals surface area contributed by atoms with Crippen LogP contribution in [0.2, 0.25) is 5.02 Å². The van der Waals surface area contributed by atoms with Gasteiger partial charge in [-0.25, -0.2) is 0 Å². The summed E-state index contributed by atoms with van der Waals surface area (Å²) >= 11 is 5.83. The summed E-state index contributed by atoms with van der Waals surface area (Å²) in [5, 5.41) is 7.06. The third-order valence-electron chi connectivity index (χ3n) is 2.99. The van der Waals surface area contributed by atoms with Crippen LogP contribution >= 0.6 is 11.6 Å². The lowest BCUT2D eigenvalue weighted by molar-refractivity contribution is -0.121. The van der Waals surface area contributed by atoms with Gasteiger partial charge in [-0.05, 0) is 30.5 Å². The first-order valence-electron chi connectivity index (χ1n) is 5.98. The Hall–Kier alpha value is -1.06.